The second-order valence-electron chi connectivity index (χ2n) is 2.98. The molecule has 1 aliphatic carbocycles. The number of ether oxygens (including phenoxy) is 1. The van der Waals surface area contributed by atoms with Crippen LogP contribution in [0, 0.1) is 5.41 Å². The minimum Gasteiger partial charge on any atom is -0.380 e. The Morgan fingerprint density at radius 2 is 2.30 bits per heavy atom. The number of carbonyl (C=O) groups excluding carboxylic acids is 1. The van der Waals surface area contributed by atoms with E-state index in [0.717, 1.165) is 25.5 Å². The van der Waals surface area contributed by atoms with E-state index in [4.69, 9.17) is 4.74 Å². The lowest BCUT2D eigenvalue weighted by molar-refractivity contribution is -0.117. The fourth-order valence-corrected chi connectivity index (χ4v) is 1.47. The van der Waals surface area contributed by atoms with Crippen LogP contribution < -0.4 is 0 Å². The molecule has 1 aliphatic rings. The van der Waals surface area contributed by atoms with Gasteiger partial charge in [-0.3, -0.25) is 0 Å². The first-order valence-corrected chi connectivity index (χ1v) is 3.78. The van der Waals surface area contributed by atoms with Gasteiger partial charge in [0.05, 0.1) is 11.5 Å². The number of rotatable bonds is 4. The van der Waals surface area contributed by atoms with Gasteiger partial charge in [0.1, 0.15) is 6.29 Å². The van der Waals surface area contributed by atoms with Crippen LogP contribution in [0.4, 0.5) is 0 Å². The van der Waals surface area contributed by atoms with Gasteiger partial charge in [0.2, 0.25) is 0 Å². The van der Waals surface area contributed by atoms with Gasteiger partial charge in [0.25, 0.3) is 0 Å². The monoisotopic (exact) mass is 142 g/mol. The van der Waals surface area contributed by atoms with Crippen molar-refractivity contribution in [2.24, 2.45) is 5.41 Å². The van der Waals surface area contributed by atoms with Crippen LogP contribution in [0.3, 0.4) is 0 Å². The van der Waals surface area contributed by atoms with Crippen LogP contribution in [0.2, 0.25) is 0 Å². The third-order valence-electron chi connectivity index (χ3n) is 2.36. The van der Waals surface area contributed by atoms with Crippen molar-refractivity contribution in [2.75, 3.05) is 7.11 Å². The van der Waals surface area contributed by atoms with E-state index in [1.54, 1.807) is 7.11 Å². The highest BCUT2D eigenvalue weighted by Gasteiger charge is 2.49. The zero-order valence-electron chi connectivity index (χ0n) is 6.59. The van der Waals surface area contributed by atoms with Gasteiger partial charge < -0.3 is 9.53 Å². The molecular formula is C8H14O2. The highest BCUT2D eigenvalue weighted by Crippen LogP contribution is 2.48. The Bertz CT molecular complexity index is 123. The summed E-state index contributed by atoms with van der Waals surface area (Å²) in [6.45, 7) is 2.05. The van der Waals surface area contributed by atoms with Gasteiger partial charge in [0.15, 0.2) is 0 Å². The average Bonchev–Trinajstić information content (AvgIpc) is 2.72. The number of hydrogen-bond donors (Lipinski definition) is 0. The number of methoxy groups -OCH3 is 1. The van der Waals surface area contributed by atoms with Gasteiger partial charge >= 0.3 is 0 Å². The minimum atomic E-state index is -0.0938. The molecule has 0 aromatic heterocycles. The maximum atomic E-state index is 10.6. The van der Waals surface area contributed by atoms with Gasteiger partial charge in [-0.15, -0.1) is 0 Å². The van der Waals surface area contributed by atoms with Crippen molar-refractivity contribution < 1.29 is 9.53 Å². The van der Waals surface area contributed by atoms with E-state index < -0.39 is 0 Å². The number of carbonyl (C=O) groups is 1. The van der Waals surface area contributed by atoms with E-state index in [1.807, 2.05) is 0 Å². The molecule has 1 rings (SSSR count). The van der Waals surface area contributed by atoms with Crippen molar-refractivity contribution in [1.82, 2.24) is 0 Å². The van der Waals surface area contributed by atoms with Gasteiger partial charge in [-0.2, -0.15) is 0 Å². The zero-order valence-corrected chi connectivity index (χ0v) is 6.59. The smallest absolute Gasteiger partial charge is 0.128 e. The number of aldehydes is 1. The zero-order chi connectivity index (χ0) is 7.61. The van der Waals surface area contributed by atoms with Crippen molar-refractivity contribution in [3.63, 3.8) is 0 Å². The van der Waals surface area contributed by atoms with Crippen LogP contribution in [0.25, 0.3) is 0 Å². The van der Waals surface area contributed by atoms with E-state index in [9.17, 15) is 4.79 Å². The summed E-state index contributed by atoms with van der Waals surface area (Å²) in [5.74, 6) is 0. The molecule has 0 heterocycles. The predicted octanol–water partition coefficient (Wildman–Crippen LogP) is 1.39. The topological polar surface area (TPSA) is 26.3 Å². The molecule has 2 heteroatoms. The minimum absolute atomic E-state index is 0.0938. The third-order valence-corrected chi connectivity index (χ3v) is 2.36. The predicted molar refractivity (Wildman–Crippen MR) is 38.8 cm³/mol. The molecule has 0 N–H and O–H groups in total. The fourth-order valence-electron chi connectivity index (χ4n) is 1.47. The molecular weight excluding hydrogens is 128 g/mol. The van der Waals surface area contributed by atoms with E-state index in [-0.39, 0.29) is 11.5 Å². The number of hydrogen-bond acceptors (Lipinski definition) is 2. The van der Waals surface area contributed by atoms with E-state index >= 15 is 0 Å². The molecule has 10 heavy (non-hydrogen) atoms. The Balaban J connectivity index is 2.51. The first-order chi connectivity index (χ1) is 4.79. The second kappa shape index (κ2) is 2.70. The summed E-state index contributed by atoms with van der Waals surface area (Å²) in [5, 5.41) is 0. The van der Waals surface area contributed by atoms with Crippen molar-refractivity contribution in [3.8, 4) is 0 Å². The average molecular weight is 142 g/mol. The van der Waals surface area contributed by atoms with Gasteiger partial charge in [-0.05, 0) is 19.3 Å². The largest absolute Gasteiger partial charge is 0.380 e. The molecule has 0 radical (unpaired) electrons. The molecule has 0 bridgehead atoms. The maximum Gasteiger partial charge on any atom is 0.128 e. The first kappa shape index (κ1) is 7.73. The summed E-state index contributed by atoms with van der Waals surface area (Å²) in [5.41, 5.74) is -0.0938. The normalized spacial score (nSPS) is 23.8. The van der Waals surface area contributed by atoms with E-state index in [0.29, 0.717) is 0 Å². The molecule has 0 amide bonds. The van der Waals surface area contributed by atoms with Crippen molar-refractivity contribution >= 4 is 6.29 Å². The maximum absolute atomic E-state index is 10.6. The van der Waals surface area contributed by atoms with Crippen LogP contribution in [0.1, 0.15) is 26.2 Å². The van der Waals surface area contributed by atoms with E-state index in [1.165, 1.54) is 0 Å². The third kappa shape index (κ3) is 1.08. The highest BCUT2D eigenvalue weighted by molar-refractivity contribution is 5.64. The second-order valence-corrected chi connectivity index (χ2v) is 2.98. The summed E-state index contributed by atoms with van der Waals surface area (Å²) in [6.07, 6.45) is 4.19. The van der Waals surface area contributed by atoms with E-state index in [2.05, 4.69) is 6.92 Å². The molecule has 1 fully saturated rings. The molecule has 0 aromatic carbocycles. The summed E-state index contributed by atoms with van der Waals surface area (Å²) >= 11 is 0. The summed E-state index contributed by atoms with van der Waals surface area (Å²) in [4.78, 5) is 10.6. The van der Waals surface area contributed by atoms with Gasteiger partial charge in [-0.1, -0.05) is 6.92 Å². The quantitative estimate of drug-likeness (QED) is 0.554. The van der Waals surface area contributed by atoms with Gasteiger partial charge in [0, 0.05) is 7.11 Å². The molecule has 2 nitrogen and oxygen atoms in total. The molecule has 0 saturated heterocycles. The summed E-state index contributed by atoms with van der Waals surface area (Å²) < 4.78 is 5.19. The first-order valence-electron chi connectivity index (χ1n) is 3.78. The molecule has 0 aromatic rings. The van der Waals surface area contributed by atoms with Crippen LogP contribution in [-0.2, 0) is 9.53 Å². The Hall–Kier alpha value is -0.370. The van der Waals surface area contributed by atoms with Crippen LogP contribution in [0.5, 0.6) is 0 Å². The Kier molecular flexibility index (Phi) is 2.09. The standard InChI is InChI=1S/C8H14O2/c1-3-7(10-2)8(6-9)4-5-8/h6-7H,3-5H2,1-2H3. The SMILES string of the molecule is CCC(OC)C1(C=O)CC1. The van der Waals surface area contributed by atoms with Gasteiger partial charge in [-0.25, -0.2) is 0 Å². The molecule has 1 unspecified atom stereocenters. The lowest BCUT2D eigenvalue weighted by Crippen LogP contribution is -2.24. The fraction of sp³-hybridized carbons (Fsp3) is 0.875. The van der Waals surface area contributed by atoms with Crippen molar-refractivity contribution in [2.45, 2.75) is 32.3 Å². The van der Waals surface area contributed by atoms with Crippen LogP contribution in [0.15, 0.2) is 0 Å². The Labute approximate surface area is 61.6 Å². The molecule has 58 valence electrons. The van der Waals surface area contributed by atoms with Crippen LogP contribution in [-0.4, -0.2) is 19.5 Å². The molecule has 0 spiro atoms. The lowest BCUT2D eigenvalue weighted by atomic mass is 9.99. The Morgan fingerprint density at radius 1 is 1.70 bits per heavy atom. The van der Waals surface area contributed by atoms with Crippen LogP contribution >= 0.6 is 0 Å². The highest BCUT2D eigenvalue weighted by atomic mass is 16.5. The van der Waals surface area contributed by atoms with Crippen molar-refractivity contribution in [1.29, 1.82) is 0 Å². The Morgan fingerprint density at radius 3 is 2.40 bits per heavy atom. The molecule has 1 atom stereocenters. The summed E-state index contributed by atoms with van der Waals surface area (Å²) in [6, 6.07) is 0. The van der Waals surface area contributed by atoms with Crippen molar-refractivity contribution in [3.05, 3.63) is 0 Å². The lowest BCUT2D eigenvalue weighted by Gasteiger charge is -2.18. The molecule has 0 aliphatic heterocycles. The summed E-state index contributed by atoms with van der Waals surface area (Å²) in [7, 11) is 1.68. The molecule has 1 saturated carbocycles.